The van der Waals surface area contributed by atoms with E-state index in [1.165, 1.54) is 12.8 Å². The predicted molar refractivity (Wildman–Crippen MR) is 49.7 cm³/mol. The summed E-state index contributed by atoms with van der Waals surface area (Å²) in [5.74, 6) is 0. The maximum Gasteiger partial charge on any atom is 0.0621 e. The van der Waals surface area contributed by atoms with E-state index in [2.05, 4.69) is 25.2 Å². The zero-order valence-corrected chi connectivity index (χ0v) is 8.06. The van der Waals surface area contributed by atoms with Gasteiger partial charge in [0.2, 0.25) is 0 Å². The minimum Gasteiger partial charge on any atom is -0.313 e. The molecular formula is C10H18N2. The van der Waals surface area contributed by atoms with E-state index >= 15 is 0 Å². The summed E-state index contributed by atoms with van der Waals surface area (Å²) in [6.45, 7) is 5.50. The summed E-state index contributed by atoms with van der Waals surface area (Å²) in [5, 5.41) is 11.9. The molecule has 0 aromatic carbocycles. The summed E-state index contributed by atoms with van der Waals surface area (Å²) >= 11 is 0. The summed E-state index contributed by atoms with van der Waals surface area (Å²) in [4.78, 5) is 0. The fourth-order valence-electron chi connectivity index (χ4n) is 1.19. The molecule has 1 fully saturated rings. The number of hydrogen-bond donors (Lipinski definition) is 1. The molecule has 0 atom stereocenters. The summed E-state index contributed by atoms with van der Waals surface area (Å²) in [6.07, 6.45) is 4.37. The van der Waals surface area contributed by atoms with Crippen LogP contribution in [0, 0.1) is 16.7 Å². The monoisotopic (exact) mass is 166 g/mol. The number of nitriles is 1. The molecule has 0 aromatic heterocycles. The van der Waals surface area contributed by atoms with Crippen LogP contribution >= 0.6 is 0 Å². The molecule has 12 heavy (non-hydrogen) atoms. The van der Waals surface area contributed by atoms with Gasteiger partial charge in [0.1, 0.15) is 0 Å². The highest BCUT2D eigenvalue weighted by Crippen LogP contribution is 2.24. The van der Waals surface area contributed by atoms with Gasteiger partial charge in [0.25, 0.3) is 0 Å². The molecule has 0 saturated heterocycles. The van der Waals surface area contributed by atoms with E-state index in [1.807, 2.05) is 0 Å². The van der Waals surface area contributed by atoms with E-state index in [9.17, 15) is 0 Å². The molecule has 0 spiro atoms. The van der Waals surface area contributed by atoms with Crippen LogP contribution in [-0.2, 0) is 0 Å². The van der Waals surface area contributed by atoms with E-state index in [0.717, 1.165) is 19.0 Å². The Morgan fingerprint density at radius 1 is 1.50 bits per heavy atom. The first-order valence-corrected chi connectivity index (χ1v) is 4.74. The van der Waals surface area contributed by atoms with Gasteiger partial charge in [-0.05, 0) is 24.7 Å². The highest BCUT2D eigenvalue weighted by Gasteiger charge is 2.24. The number of nitrogens with zero attached hydrogens (tertiary/aromatic N) is 1. The molecule has 0 aliphatic heterocycles. The molecule has 1 N–H and O–H groups in total. The van der Waals surface area contributed by atoms with Crippen LogP contribution < -0.4 is 5.32 Å². The van der Waals surface area contributed by atoms with Crippen molar-refractivity contribution >= 4 is 0 Å². The fraction of sp³-hybridized carbons (Fsp3) is 0.900. The van der Waals surface area contributed by atoms with E-state index in [4.69, 9.17) is 5.26 Å². The van der Waals surface area contributed by atoms with E-state index in [0.29, 0.717) is 6.42 Å². The second-order valence-corrected chi connectivity index (χ2v) is 4.48. The van der Waals surface area contributed by atoms with Crippen LogP contribution in [0.4, 0.5) is 0 Å². The van der Waals surface area contributed by atoms with Crippen LogP contribution in [0.15, 0.2) is 0 Å². The average Bonchev–Trinajstić information content (AvgIpc) is 2.81. The summed E-state index contributed by atoms with van der Waals surface area (Å²) < 4.78 is 0. The maximum absolute atomic E-state index is 8.45. The Morgan fingerprint density at radius 2 is 2.17 bits per heavy atom. The number of hydrogen-bond acceptors (Lipinski definition) is 2. The van der Waals surface area contributed by atoms with E-state index in [-0.39, 0.29) is 5.41 Å². The Hall–Kier alpha value is -0.550. The number of rotatable bonds is 5. The van der Waals surface area contributed by atoms with Gasteiger partial charge < -0.3 is 5.32 Å². The lowest BCUT2D eigenvalue weighted by atomic mass is 9.88. The third-order valence-electron chi connectivity index (χ3n) is 2.36. The van der Waals surface area contributed by atoms with Gasteiger partial charge in [0, 0.05) is 19.0 Å². The lowest BCUT2D eigenvalue weighted by molar-refractivity contribution is 0.317. The van der Waals surface area contributed by atoms with Crippen LogP contribution in [-0.4, -0.2) is 12.6 Å². The molecule has 0 amide bonds. The van der Waals surface area contributed by atoms with Gasteiger partial charge >= 0.3 is 0 Å². The SMILES string of the molecule is CC(C)(CCC#N)CNC1CC1. The second kappa shape index (κ2) is 3.91. The Bertz CT molecular complexity index is 175. The quantitative estimate of drug-likeness (QED) is 0.678. The van der Waals surface area contributed by atoms with Gasteiger partial charge in [-0.15, -0.1) is 0 Å². The van der Waals surface area contributed by atoms with Crippen molar-refractivity contribution in [1.82, 2.24) is 5.32 Å². The van der Waals surface area contributed by atoms with Crippen molar-refractivity contribution in [2.45, 2.75) is 45.6 Å². The summed E-state index contributed by atoms with van der Waals surface area (Å²) in [7, 11) is 0. The van der Waals surface area contributed by atoms with Gasteiger partial charge in [-0.1, -0.05) is 13.8 Å². The van der Waals surface area contributed by atoms with Gasteiger partial charge in [-0.25, -0.2) is 0 Å². The Labute approximate surface area is 75.0 Å². The molecule has 1 aliphatic carbocycles. The molecule has 0 heterocycles. The van der Waals surface area contributed by atoms with Gasteiger partial charge in [0.05, 0.1) is 6.07 Å². The fourth-order valence-corrected chi connectivity index (χ4v) is 1.19. The van der Waals surface area contributed by atoms with Crippen molar-refractivity contribution in [2.75, 3.05) is 6.54 Å². The molecule has 1 aliphatic rings. The Morgan fingerprint density at radius 3 is 2.67 bits per heavy atom. The summed E-state index contributed by atoms with van der Waals surface area (Å²) in [5.41, 5.74) is 0.290. The molecular weight excluding hydrogens is 148 g/mol. The molecule has 1 rings (SSSR count). The normalized spacial score (nSPS) is 17.4. The minimum atomic E-state index is 0.290. The molecule has 0 unspecified atom stereocenters. The first-order valence-electron chi connectivity index (χ1n) is 4.74. The summed E-state index contributed by atoms with van der Waals surface area (Å²) in [6, 6.07) is 2.98. The molecule has 0 bridgehead atoms. The van der Waals surface area contributed by atoms with Crippen molar-refractivity contribution in [3.8, 4) is 6.07 Å². The van der Waals surface area contributed by atoms with Crippen LogP contribution in [0.1, 0.15) is 39.5 Å². The van der Waals surface area contributed by atoms with Gasteiger partial charge in [0.15, 0.2) is 0 Å². The van der Waals surface area contributed by atoms with Crippen LogP contribution in [0.5, 0.6) is 0 Å². The van der Waals surface area contributed by atoms with Crippen molar-refractivity contribution in [2.24, 2.45) is 5.41 Å². The third kappa shape index (κ3) is 3.73. The highest BCUT2D eigenvalue weighted by molar-refractivity contribution is 4.85. The van der Waals surface area contributed by atoms with Gasteiger partial charge in [-0.3, -0.25) is 0 Å². The van der Waals surface area contributed by atoms with Crippen LogP contribution in [0.3, 0.4) is 0 Å². The lowest BCUT2D eigenvalue weighted by Gasteiger charge is -2.23. The second-order valence-electron chi connectivity index (χ2n) is 4.48. The maximum atomic E-state index is 8.45. The first-order chi connectivity index (χ1) is 5.64. The standard InChI is InChI=1S/C10H18N2/c1-10(2,6-3-7-11)8-12-9-4-5-9/h9,12H,3-6,8H2,1-2H3. The molecule has 2 heteroatoms. The largest absolute Gasteiger partial charge is 0.313 e. The van der Waals surface area contributed by atoms with Crippen molar-refractivity contribution in [3.05, 3.63) is 0 Å². The van der Waals surface area contributed by atoms with E-state index < -0.39 is 0 Å². The molecule has 1 saturated carbocycles. The third-order valence-corrected chi connectivity index (χ3v) is 2.36. The lowest BCUT2D eigenvalue weighted by Crippen LogP contribution is -2.30. The minimum absolute atomic E-state index is 0.290. The van der Waals surface area contributed by atoms with Crippen molar-refractivity contribution in [1.29, 1.82) is 5.26 Å². The van der Waals surface area contributed by atoms with Gasteiger partial charge in [-0.2, -0.15) is 5.26 Å². The molecule has 68 valence electrons. The zero-order valence-electron chi connectivity index (χ0n) is 8.06. The van der Waals surface area contributed by atoms with Crippen molar-refractivity contribution < 1.29 is 0 Å². The van der Waals surface area contributed by atoms with Crippen molar-refractivity contribution in [3.63, 3.8) is 0 Å². The zero-order chi connectivity index (χ0) is 9.03. The van der Waals surface area contributed by atoms with Crippen LogP contribution in [0.2, 0.25) is 0 Å². The molecule has 0 aromatic rings. The smallest absolute Gasteiger partial charge is 0.0621 e. The Balaban J connectivity index is 2.12. The van der Waals surface area contributed by atoms with E-state index in [1.54, 1.807) is 0 Å². The molecule has 2 nitrogen and oxygen atoms in total. The molecule has 0 radical (unpaired) electrons. The predicted octanol–water partition coefficient (Wildman–Crippen LogP) is 2.07. The van der Waals surface area contributed by atoms with Crippen LogP contribution in [0.25, 0.3) is 0 Å². The topological polar surface area (TPSA) is 35.8 Å². The highest BCUT2D eigenvalue weighted by atomic mass is 15.0. The first kappa shape index (κ1) is 9.54. The number of nitrogens with one attached hydrogen (secondary N) is 1. The average molecular weight is 166 g/mol. The Kier molecular flexibility index (Phi) is 3.11.